The van der Waals surface area contributed by atoms with Gasteiger partial charge in [-0.3, -0.25) is 4.79 Å². The minimum Gasteiger partial charge on any atom is -0.483 e. The SMILES string of the molecule is Cc1cccc(OCC(=O)NCCCc2ccc(F)cc2)c1C. The number of carbonyl (C=O) groups excluding carboxylic acids is 1. The maximum atomic E-state index is 12.8. The molecule has 23 heavy (non-hydrogen) atoms. The average Bonchev–Trinajstić information content (AvgIpc) is 2.54. The van der Waals surface area contributed by atoms with E-state index in [1.54, 1.807) is 12.1 Å². The van der Waals surface area contributed by atoms with Crippen molar-refractivity contribution in [3.63, 3.8) is 0 Å². The number of halogens is 1. The van der Waals surface area contributed by atoms with Gasteiger partial charge in [-0.25, -0.2) is 4.39 Å². The highest BCUT2D eigenvalue weighted by Gasteiger charge is 2.05. The molecule has 0 aliphatic rings. The summed E-state index contributed by atoms with van der Waals surface area (Å²) in [5.74, 6) is 0.377. The van der Waals surface area contributed by atoms with Gasteiger partial charge >= 0.3 is 0 Å². The number of hydrogen-bond donors (Lipinski definition) is 1. The van der Waals surface area contributed by atoms with Gasteiger partial charge in [0.1, 0.15) is 11.6 Å². The average molecular weight is 315 g/mol. The third-order valence-corrected chi connectivity index (χ3v) is 3.79. The van der Waals surface area contributed by atoms with Crippen molar-refractivity contribution in [1.82, 2.24) is 5.32 Å². The number of benzene rings is 2. The summed E-state index contributed by atoms with van der Waals surface area (Å²) < 4.78 is 18.3. The van der Waals surface area contributed by atoms with Crippen molar-refractivity contribution in [3.8, 4) is 5.75 Å². The Balaban J connectivity index is 1.67. The van der Waals surface area contributed by atoms with Crippen molar-refractivity contribution in [2.24, 2.45) is 0 Å². The lowest BCUT2D eigenvalue weighted by molar-refractivity contribution is -0.123. The van der Waals surface area contributed by atoms with Crippen LogP contribution in [-0.2, 0) is 11.2 Å². The van der Waals surface area contributed by atoms with Gasteiger partial charge in [0.2, 0.25) is 0 Å². The standard InChI is InChI=1S/C19H22FNO2/c1-14-5-3-7-18(15(14)2)23-13-19(22)21-12-4-6-16-8-10-17(20)11-9-16/h3,5,7-11H,4,6,12-13H2,1-2H3,(H,21,22). The van der Waals surface area contributed by atoms with Crippen molar-refractivity contribution in [1.29, 1.82) is 0 Å². The molecule has 0 aliphatic heterocycles. The molecule has 1 N–H and O–H groups in total. The first-order chi connectivity index (χ1) is 11.1. The van der Waals surface area contributed by atoms with E-state index in [-0.39, 0.29) is 18.3 Å². The summed E-state index contributed by atoms with van der Waals surface area (Å²) in [4.78, 5) is 11.8. The largest absolute Gasteiger partial charge is 0.483 e. The number of amides is 1. The third kappa shape index (κ3) is 5.40. The first-order valence-electron chi connectivity index (χ1n) is 7.76. The van der Waals surface area contributed by atoms with E-state index in [9.17, 15) is 9.18 Å². The zero-order chi connectivity index (χ0) is 16.7. The van der Waals surface area contributed by atoms with Crippen LogP contribution >= 0.6 is 0 Å². The molecule has 2 aromatic rings. The Labute approximate surface area is 136 Å². The highest BCUT2D eigenvalue weighted by molar-refractivity contribution is 5.77. The zero-order valence-electron chi connectivity index (χ0n) is 13.6. The Morgan fingerprint density at radius 2 is 1.87 bits per heavy atom. The minimum absolute atomic E-state index is 0.0147. The van der Waals surface area contributed by atoms with E-state index in [1.165, 1.54) is 12.1 Å². The molecule has 0 aliphatic carbocycles. The number of ether oxygens (including phenoxy) is 1. The van der Waals surface area contributed by atoms with E-state index in [0.29, 0.717) is 6.54 Å². The normalized spacial score (nSPS) is 10.4. The molecular weight excluding hydrogens is 293 g/mol. The molecule has 0 radical (unpaired) electrons. The predicted octanol–water partition coefficient (Wildman–Crippen LogP) is 3.57. The highest BCUT2D eigenvalue weighted by atomic mass is 19.1. The number of carbonyl (C=O) groups is 1. The molecule has 3 nitrogen and oxygen atoms in total. The minimum atomic E-state index is -0.231. The second kappa shape index (κ2) is 8.32. The summed E-state index contributed by atoms with van der Waals surface area (Å²) in [6.45, 7) is 4.58. The van der Waals surface area contributed by atoms with Crippen LogP contribution in [0.15, 0.2) is 42.5 Å². The fourth-order valence-corrected chi connectivity index (χ4v) is 2.25. The quantitative estimate of drug-likeness (QED) is 0.793. The molecule has 122 valence electrons. The van der Waals surface area contributed by atoms with Crippen LogP contribution in [0.5, 0.6) is 5.75 Å². The highest BCUT2D eigenvalue weighted by Crippen LogP contribution is 2.20. The number of hydrogen-bond acceptors (Lipinski definition) is 2. The van der Waals surface area contributed by atoms with Crippen LogP contribution in [-0.4, -0.2) is 19.1 Å². The van der Waals surface area contributed by atoms with Crippen LogP contribution in [0.1, 0.15) is 23.1 Å². The fourth-order valence-electron chi connectivity index (χ4n) is 2.25. The smallest absolute Gasteiger partial charge is 0.257 e. The number of aryl methyl sites for hydroxylation is 2. The number of rotatable bonds is 7. The van der Waals surface area contributed by atoms with Crippen molar-refractivity contribution in [2.45, 2.75) is 26.7 Å². The molecule has 1 amide bonds. The summed E-state index contributed by atoms with van der Waals surface area (Å²) in [5, 5.41) is 2.83. The monoisotopic (exact) mass is 315 g/mol. The van der Waals surface area contributed by atoms with Crippen molar-refractivity contribution in [3.05, 3.63) is 65.0 Å². The Kier molecular flexibility index (Phi) is 6.15. The maximum Gasteiger partial charge on any atom is 0.257 e. The van der Waals surface area contributed by atoms with Crippen molar-refractivity contribution >= 4 is 5.91 Å². The molecule has 4 heteroatoms. The Bertz CT molecular complexity index is 653. The molecule has 0 atom stereocenters. The van der Waals surface area contributed by atoms with Crippen molar-refractivity contribution < 1.29 is 13.9 Å². The van der Waals surface area contributed by atoms with Crippen molar-refractivity contribution in [2.75, 3.05) is 13.2 Å². The van der Waals surface area contributed by atoms with Gasteiger partial charge in [0.15, 0.2) is 6.61 Å². The van der Waals surface area contributed by atoms with E-state index in [0.717, 1.165) is 35.3 Å². The van der Waals surface area contributed by atoms with E-state index in [4.69, 9.17) is 4.74 Å². The van der Waals surface area contributed by atoms with Crippen LogP contribution < -0.4 is 10.1 Å². The molecule has 0 fully saturated rings. The molecule has 2 aromatic carbocycles. The molecule has 0 unspecified atom stereocenters. The van der Waals surface area contributed by atoms with E-state index < -0.39 is 0 Å². The van der Waals surface area contributed by atoms with Gasteiger partial charge in [-0.05, 0) is 61.6 Å². The zero-order valence-corrected chi connectivity index (χ0v) is 13.6. The van der Waals surface area contributed by atoms with E-state index in [2.05, 4.69) is 5.32 Å². The van der Waals surface area contributed by atoms with Crippen LogP contribution in [0, 0.1) is 19.7 Å². The Hall–Kier alpha value is -2.36. The molecule has 0 aromatic heterocycles. The molecule has 0 saturated carbocycles. The Morgan fingerprint density at radius 3 is 2.61 bits per heavy atom. The molecule has 0 saturated heterocycles. The first-order valence-corrected chi connectivity index (χ1v) is 7.76. The summed E-state index contributed by atoms with van der Waals surface area (Å²) in [6, 6.07) is 12.2. The fraction of sp³-hybridized carbons (Fsp3) is 0.316. The second-order valence-corrected chi connectivity index (χ2v) is 5.57. The summed E-state index contributed by atoms with van der Waals surface area (Å²) >= 11 is 0. The molecule has 2 rings (SSSR count). The van der Waals surface area contributed by atoms with Gasteiger partial charge in [0.25, 0.3) is 5.91 Å². The predicted molar refractivity (Wildman–Crippen MR) is 89.1 cm³/mol. The summed E-state index contributed by atoms with van der Waals surface area (Å²) in [5.41, 5.74) is 3.26. The summed E-state index contributed by atoms with van der Waals surface area (Å²) in [7, 11) is 0. The lowest BCUT2D eigenvalue weighted by atomic mass is 10.1. The van der Waals surface area contributed by atoms with Gasteiger partial charge in [-0.15, -0.1) is 0 Å². The molecule has 0 spiro atoms. The third-order valence-electron chi connectivity index (χ3n) is 3.79. The maximum absolute atomic E-state index is 12.8. The van der Waals surface area contributed by atoms with Gasteiger partial charge in [-0.1, -0.05) is 24.3 Å². The first kappa shape index (κ1) is 17.0. The van der Waals surface area contributed by atoms with Crippen LogP contribution in [0.3, 0.4) is 0 Å². The lowest BCUT2D eigenvalue weighted by Gasteiger charge is -2.11. The van der Waals surface area contributed by atoms with Gasteiger partial charge < -0.3 is 10.1 Å². The topological polar surface area (TPSA) is 38.3 Å². The summed E-state index contributed by atoms with van der Waals surface area (Å²) in [6.07, 6.45) is 1.61. The van der Waals surface area contributed by atoms with Gasteiger partial charge in [0, 0.05) is 6.54 Å². The second-order valence-electron chi connectivity index (χ2n) is 5.57. The lowest BCUT2D eigenvalue weighted by Crippen LogP contribution is -2.30. The molecule has 0 bridgehead atoms. The number of nitrogens with one attached hydrogen (secondary N) is 1. The molecule has 0 heterocycles. The Morgan fingerprint density at radius 1 is 1.13 bits per heavy atom. The van der Waals surface area contributed by atoms with Gasteiger partial charge in [-0.2, -0.15) is 0 Å². The van der Waals surface area contributed by atoms with E-state index in [1.807, 2.05) is 32.0 Å². The van der Waals surface area contributed by atoms with Crippen LogP contribution in [0.2, 0.25) is 0 Å². The van der Waals surface area contributed by atoms with Crippen LogP contribution in [0.25, 0.3) is 0 Å². The molecular formula is C19H22FNO2. The van der Waals surface area contributed by atoms with Gasteiger partial charge in [0.05, 0.1) is 0 Å². The van der Waals surface area contributed by atoms with Crippen LogP contribution in [0.4, 0.5) is 4.39 Å². The van der Waals surface area contributed by atoms with E-state index >= 15 is 0 Å².